The average Bonchev–Trinajstić information content (AvgIpc) is 2.82. The Morgan fingerprint density at radius 2 is 1.03 bits per heavy atom. The molecular weight excluding hydrogens is 478 g/mol. The van der Waals surface area contributed by atoms with Crippen LogP contribution in [-0.2, 0) is 58.9 Å². The SMILES string of the molecule is C[C@@H]1NC(=O)[C@H](C)OC(=O)[C@H](C)OC(=O)[C@H](C)OC(=O)[C@H](C)OC(=O)[C@H](Cc2ccccc2)OC1=O. The number of hydrogen-bond donors (Lipinski definition) is 1. The first-order valence-corrected chi connectivity index (χ1v) is 11.3. The van der Waals surface area contributed by atoms with Crippen LogP contribution in [0.5, 0.6) is 0 Å². The topological polar surface area (TPSA) is 161 Å². The number of hydrogen-bond acceptors (Lipinski definition) is 11. The highest BCUT2D eigenvalue weighted by Gasteiger charge is 2.34. The predicted molar refractivity (Wildman–Crippen MR) is 120 cm³/mol. The van der Waals surface area contributed by atoms with E-state index in [0.29, 0.717) is 5.56 Å². The highest BCUT2D eigenvalue weighted by atomic mass is 16.6. The number of amides is 1. The molecule has 0 spiro atoms. The monoisotopic (exact) mass is 507 g/mol. The van der Waals surface area contributed by atoms with Crippen LogP contribution in [0.2, 0.25) is 0 Å². The van der Waals surface area contributed by atoms with Gasteiger partial charge in [0.2, 0.25) is 6.10 Å². The molecule has 12 nitrogen and oxygen atoms in total. The summed E-state index contributed by atoms with van der Waals surface area (Å²) in [5.41, 5.74) is 0.632. The number of benzene rings is 1. The molecule has 1 heterocycles. The summed E-state index contributed by atoms with van der Waals surface area (Å²) in [5.74, 6) is -6.00. The molecule has 0 bridgehead atoms. The van der Waals surface area contributed by atoms with Gasteiger partial charge in [-0.25, -0.2) is 24.0 Å². The molecule has 12 heteroatoms. The van der Waals surface area contributed by atoms with Crippen molar-refractivity contribution >= 4 is 35.8 Å². The van der Waals surface area contributed by atoms with Crippen LogP contribution >= 0.6 is 0 Å². The van der Waals surface area contributed by atoms with E-state index in [4.69, 9.17) is 23.7 Å². The summed E-state index contributed by atoms with van der Waals surface area (Å²) in [6, 6.07) is 7.35. The molecule has 196 valence electrons. The Kier molecular flexibility index (Phi) is 9.94. The molecule has 0 saturated carbocycles. The van der Waals surface area contributed by atoms with Gasteiger partial charge in [-0.2, -0.15) is 0 Å². The molecular formula is C24H29NO11. The third-order valence-electron chi connectivity index (χ3n) is 5.03. The van der Waals surface area contributed by atoms with Crippen molar-refractivity contribution in [3.8, 4) is 0 Å². The second-order valence-electron chi connectivity index (χ2n) is 8.16. The minimum Gasteiger partial charge on any atom is -0.450 e. The largest absolute Gasteiger partial charge is 0.450 e. The van der Waals surface area contributed by atoms with Gasteiger partial charge in [0.25, 0.3) is 5.91 Å². The number of ether oxygens (including phenoxy) is 5. The van der Waals surface area contributed by atoms with Gasteiger partial charge in [-0.05, 0) is 40.2 Å². The van der Waals surface area contributed by atoms with Gasteiger partial charge in [-0.3, -0.25) is 4.79 Å². The molecule has 1 saturated heterocycles. The maximum Gasteiger partial charge on any atom is 0.348 e. The molecule has 1 aromatic rings. The normalized spacial score (nSPS) is 29.4. The number of esters is 5. The molecule has 1 aliphatic heterocycles. The lowest BCUT2D eigenvalue weighted by Gasteiger charge is -2.24. The summed E-state index contributed by atoms with van der Waals surface area (Å²) in [6.45, 7) is 6.17. The Bertz CT molecular complexity index is 993. The highest BCUT2D eigenvalue weighted by Crippen LogP contribution is 2.12. The van der Waals surface area contributed by atoms with Gasteiger partial charge < -0.3 is 29.0 Å². The van der Waals surface area contributed by atoms with Crippen molar-refractivity contribution in [2.24, 2.45) is 0 Å². The Hall–Kier alpha value is -3.96. The molecule has 1 amide bonds. The van der Waals surface area contributed by atoms with Gasteiger partial charge in [0, 0.05) is 6.42 Å². The first kappa shape index (κ1) is 28.3. The van der Waals surface area contributed by atoms with E-state index in [-0.39, 0.29) is 6.42 Å². The van der Waals surface area contributed by atoms with Crippen LogP contribution < -0.4 is 5.32 Å². The zero-order valence-electron chi connectivity index (χ0n) is 20.5. The maximum atomic E-state index is 12.8. The van der Waals surface area contributed by atoms with Crippen molar-refractivity contribution in [2.45, 2.75) is 77.6 Å². The molecule has 0 radical (unpaired) electrons. The van der Waals surface area contributed by atoms with E-state index >= 15 is 0 Å². The summed E-state index contributed by atoms with van der Waals surface area (Å²) >= 11 is 0. The molecule has 0 unspecified atom stereocenters. The summed E-state index contributed by atoms with van der Waals surface area (Å²) in [5, 5.41) is 2.33. The zero-order valence-corrected chi connectivity index (χ0v) is 20.5. The summed E-state index contributed by atoms with van der Waals surface area (Å²) in [7, 11) is 0. The smallest absolute Gasteiger partial charge is 0.348 e. The predicted octanol–water partition coefficient (Wildman–Crippen LogP) is 0.386. The van der Waals surface area contributed by atoms with E-state index in [1.54, 1.807) is 30.3 Å². The van der Waals surface area contributed by atoms with Crippen molar-refractivity contribution < 1.29 is 52.5 Å². The summed E-state index contributed by atoms with van der Waals surface area (Å²) in [4.78, 5) is 74.6. The maximum absolute atomic E-state index is 12.8. The Balaban J connectivity index is 2.30. The van der Waals surface area contributed by atoms with Crippen LogP contribution in [-0.4, -0.2) is 72.3 Å². The molecule has 1 N–H and O–H groups in total. The van der Waals surface area contributed by atoms with E-state index < -0.39 is 72.3 Å². The highest BCUT2D eigenvalue weighted by molar-refractivity contribution is 5.90. The fraction of sp³-hybridized carbons (Fsp3) is 0.500. The lowest BCUT2D eigenvalue weighted by molar-refractivity contribution is -0.187. The molecule has 1 aliphatic rings. The van der Waals surface area contributed by atoms with E-state index in [2.05, 4.69) is 5.32 Å². The zero-order chi connectivity index (χ0) is 27.0. The Morgan fingerprint density at radius 1 is 0.583 bits per heavy atom. The molecule has 1 fully saturated rings. The number of cyclic esters (lactones) is 5. The minimum absolute atomic E-state index is 0.0809. The second-order valence-corrected chi connectivity index (χ2v) is 8.16. The molecule has 0 aliphatic carbocycles. The summed E-state index contributed by atoms with van der Waals surface area (Å²) in [6.07, 6.45) is -7.25. The van der Waals surface area contributed by atoms with Crippen molar-refractivity contribution in [2.75, 3.05) is 0 Å². The first-order valence-electron chi connectivity index (χ1n) is 11.3. The van der Waals surface area contributed by atoms with E-state index in [9.17, 15) is 28.8 Å². The Morgan fingerprint density at radius 3 is 1.53 bits per heavy atom. The van der Waals surface area contributed by atoms with Crippen LogP contribution in [0.4, 0.5) is 0 Å². The molecule has 0 aromatic heterocycles. The van der Waals surface area contributed by atoms with Gasteiger partial charge in [0.05, 0.1) is 0 Å². The Labute approximate surface area is 207 Å². The number of carbonyl (C=O) groups is 6. The standard InChI is InChI=1S/C24H29NO11/c1-12-20(27)36-18(11-17-9-7-6-8-10-17)24(31)35-16(5)23(30)34-15(4)22(29)33-14(3)21(28)32-13(2)19(26)25-12/h6-10,12-16,18H,11H2,1-5H3,(H,25,26)/t12-,13-,14-,15-,16-,18-/m0/s1. The van der Waals surface area contributed by atoms with Crippen molar-refractivity contribution in [3.05, 3.63) is 35.9 Å². The molecule has 1 aromatic carbocycles. The van der Waals surface area contributed by atoms with Crippen molar-refractivity contribution in [1.29, 1.82) is 0 Å². The summed E-state index contributed by atoms with van der Waals surface area (Å²) < 4.78 is 25.3. The van der Waals surface area contributed by atoms with Crippen LogP contribution in [0.25, 0.3) is 0 Å². The lowest BCUT2D eigenvalue weighted by atomic mass is 10.1. The lowest BCUT2D eigenvalue weighted by Crippen LogP contribution is -2.47. The fourth-order valence-corrected chi connectivity index (χ4v) is 2.89. The van der Waals surface area contributed by atoms with Gasteiger partial charge in [-0.15, -0.1) is 0 Å². The van der Waals surface area contributed by atoms with Gasteiger partial charge in [0.15, 0.2) is 24.4 Å². The number of nitrogens with one attached hydrogen (secondary N) is 1. The van der Waals surface area contributed by atoms with Crippen LogP contribution in [0.3, 0.4) is 0 Å². The van der Waals surface area contributed by atoms with Crippen LogP contribution in [0.1, 0.15) is 40.2 Å². The third-order valence-corrected chi connectivity index (χ3v) is 5.03. The molecule has 36 heavy (non-hydrogen) atoms. The van der Waals surface area contributed by atoms with Gasteiger partial charge >= 0.3 is 29.8 Å². The molecule has 6 atom stereocenters. The van der Waals surface area contributed by atoms with E-state index in [0.717, 1.165) is 0 Å². The quantitative estimate of drug-likeness (QED) is 0.435. The number of carbonyl (C=O) groups excluding carboxylic acids is 6. The van der Waals surface area contributed by atoms with E-state index in [1.165, 1.54) is 34.6 Å². The van der Waals surface area contributed by atoms with Crippen molar-refractivity contribution in [3.63, 3.8) is 0 Å². The second kappa shape index (κ2) is 12.7. The minimum atomic E-state index is -1.47. The average molecular weight is 507 g/mol. The third kappa shape index (κ3) is 8.07. The fourth-order valence-electron chi connectivity index (χ4n) is 2.89. The first-order chi connectivity index (χ1) is 16.9. The van der Waals surface area contributed by atoms with Crippen molar-refractivity contribution in [1.82, 2.24) is 5.32 Å². The molecule has 2 rings (SSSR count). The van der Waals surface area contributed by atoms with Gasteiger partial charge in [0.1, 0.15) is 6.04 Å². The van der Waals surface area contributed by atoms with Gasteiger partial charge in [-0.1, -0.05) is 30.3 Å². The van der Waals surface area contributed by atoms with E-state index in [1.807, 2.05) is 0 Å². The number of rotatable bonds is 2. The van der Waals surface area contributed by atoms with Crippen LogP contribution in [0, 0.1) is 0 Å². The van der Waals surface area contributed by atoms with Crippen LogP contribution in [0.15, 0.2) is 30.3 Å².